The van der Waals surface area contributed by atoms with Crippen molar-refractivity contribution in [1.29, 1.82) is 0 Å². The zero-order valence-corrected chi connectivity index (χ0v) is 16.2. The van der Waals surface area contributed by atoms with Crippen molar-refractivity contribution in [2.75, 3.05) is 6.61 Å². The van der Waals surface area contributed by atoms with Crippen molar-refractivity contribution in [1.82, 2.24) is 13.7 Å². The van der Waals surface area contributed by atoms with E-state index in [4.69, 9.17) is 23.2 Å². The molecule has 3 rings (SSSR count). The van der Waals surface area contributed by atoms with Crippen LogP contribution in [0.25, 0.3) is 22.2 Å². The Labute approximate surface area is 159 Å². The van der Waals surface area contributed by atoms with E-state index in [0.717, 1.165) is 4.57 Å². The molecule has 3 aromatic rings. The summed E-state index contributed by atoms with van der Waals surface area (Å²) in [5.41, 5.74) is 0.861. The van der Waals surface area contributed by atoms with Crippen LogP contribution in [0.15, 0.2) is 34.0 Å². The van der Waals surface area contributed by atoms with Crippen molar-refractivity contribution in [3.05, 3.63) is 55.3 Å². The molecule has 0 aliphatic carbocycles. The maximum absolute atomic E-state index is 12.9. The fourth-order valence-corrected chi connectivity index (χ4v) is 3.71. The summed E-state index contributed by atoms with van der Waals surface area (Å²) in [7, 11) is 3.06. The summed E-state index contributed by atoms with van der Waals surface area (Å²) in [6, 6.07) is 4.78. The molecule has 1 atom stereocenters. The van der Waals surface area contributed by atoms with Gasteiger partial charge in [0.1, 0.15) is 0 Å². The van der Waals surface area contributed by atoms with Gasteiger partial charge in [-0.15, -0.1) is 0 Å². The molecule has 2 aromatic heterocycles. The summed E-state index contributed by atoms with van der Waals surface area (Å²) in [6.07, 6.45) is 2.37. The lowest BCUT2D eigenvalue weighted by Crippen LogP contribution is -2.36. The van der Waals surface area contributed by atoms with Gasteiger partial charge in [-0.3, -0.25) is 13.9 Å². The van der Waals surface area contributed by atoms with Crippen LogP contribution in [0.3, 0.4) is 0 Å². The molecule has 2 heterocycles. The Kier molecular flexibility index (Phi) is 5.01. The number of aliphatic hydroxyl groups is 1. The average molecular weight is 396 g/mol. The Hall–Kier alpha value is -2.02. The van der Waals surface area contributed by atoms with Gasteiger partial charge in [-0.1, -0.05) is 30.1 Å². The highest BCUT2D eigenvalue weighted by Crippen LogP contribution is 2.36. The number of rotatable bonds is 4. The van der Waals surface area contributed by atoms with Gasteiger partial charge >= 0.3 is 5.69 Å². The predicted molar refractivity (Wildman–Crippen MR) is 104 cm³/mol. The molecule has 0 saturated carbocycles. The van der Waals surface area contributed by atoms with Gasteiger partial charge in [-0.25, -0.2) is 4.79 Å². The standard InChI is InChI=1S/C18H19Cl2N3O3/c1-4-11(9-24)23-8-14-15(17(25)22(3)18(26)21(14)2)16(23)12-6-5-10(19)7-13(12)20/h5-8,11,24H,4,9H2,1-3H3. The van der Waals surface area contributed by atoms with Gasteiger partial charge in [0.15, 0.2) is 0 Å². The molecule has 0 aliphatic heterocycles. The van der Waals surface area contributed by atoms with Crippen molar-refractivity contribution in [2.45, 2.75) is 19.4 Å². The first-order valence-electron chi connectivity index (χ1n) is 8.18. The van der Waals surface area contributed by atoms with Crippen LogP contribution in [-0.2, 0) is 14.1 Å². The number of aryl methyl sites for hydroxylation is 1. The number of aromatic nitrogens is 3. The zero-order chi connectivity index (χ0) is 19.2. The lowest BCUT2D eigenvalue weighted by atomic mass is 10.1. The number of hydrogen-bond donors (Lipinski definition) is 1. The van der Waals surface area contributed by atoms with Crippen LogP contribution in [0.5, 0.6) is 0 Å². The molecule has 1 unspecified atom stereocenters. The van der Waals surface area contributed by atoms with Crippen LogP contribution in [-0.4, -0.2) is 25.4 Å². The van der Waals surface area contributed by atoms with Crippen molar-refractivity contribution >= 4 is 34.1 Å². The van der Waals surface area contributed by atoms with Gasteiger partial charge in [0, 0.05) is 30.9 Å². The fourth-order valence-electron chi connectivity index (χ4n) is 3.22. The Morgan fingerprint density at radius 2 is 1.85 bits per heavy atom. The highest BCUT2D eigenvalue weighted by atomic mass is 35.5. The minimum Gasteiger partial charge on any atom is -0.394 e. The van der Waals surface area contributed by atoms with E-state index < -0.39 is 11.2 Å². The lowest BCUT2D eigenvalue weighted by Gasteiger charge is -2.18. The third-order valence-corrected chi connectivity index (χ3v) is 5.28. The van der Waals surface area contributed by atoms with Crippen LogP contribution >= 0.6 is 23.2 Å². The van der Waals surface area contributed by atoms with E-state index in [-0.39, 0.29) is 12.6 Å². The molecule has 138 valence electrons. The van der Waals surface area contributed by atoms with E-state index in [9.17, 15) is 14.7 Å². The molecule has 6 nitrogen and oxygen atoms in total. The van der Waals surface area contributed by atoms with Crippen LogP contribution in [0.1, 0.15) is 19.4 Å². The largest absolute Gasteiger partial charge is 0.394 e. The smallest absolute Gasteiger partial charge is 0.330 e. The summed E-state index contributed by atoms with van der Waals surface area (Å²) < 4.78 is 4.31. The van der Waals surface area contributed by atoms with E-state index in [2.05, 4.69) is 0 Å². The second kappa shape index (κ2) is 6.95. The topological polar surface area (TPSA) is 69.2 Å². The van der Waals surface area contributed by atoms with E-state index in [1.165, 1.54) is 11.6 Å². The third-order valence-electron chi connectivity index (χ3n) is 4.73. The molecule has 26 heavy (non-hydrogen) atoms. The Morgan fingerprint density at radius 3 is 2.42 bits per heavy atom. The first-order chi connectivity index (χ1) is 12.3. The molecule has 0 saturated heterocycles. The monoisotopic (exact) mass is 395 g/mol. The molecule has 0 radical (unpaired) electrons. The van der Waals surface area contributed by atoms with Gasteiger partial charge in [0.05, 0.1) is 34.3 Å². The molecule has 0 fully saturated rings. The van der Waals surface area contributed by atoms with Crippen molar-refractivity contribution < 1.29 is 5.11 Å². The van der Waals surface area contributed by atoms with Crippen LogP contribution in [0.2, 0.25) is 10.0 Å². The van der Waals surface area contributed by atoms with E-state index >= 15 is 0 Å². The summed E-state index contributed by atoms with van der Waals surface area (Å²) in [5.74, 6) is 0. The number of benzene rings is 1. The van der Waals surface area contributed by atoms with E-state index in [0.29, 0.717) is 38.6 Å². The quantitative estimate of drug-likeness (QED) is 0.737. The molecule has 0 aliphatic rings. The molecule has 0 bridgehead atoms. The van der Waals surface area contributed by atoms with Gasteiger partial charge in [0.2, 0.25) is 0 Å². The summed E-state index contributed by atoms with van der Waals surface area (Å²) in [4.78, 5) is 25.2. The van der Waals surface area contributed by atoms with Crippen LogP contribution < -0.4 is 11.2 Å². The van der Waals surface area contributed by atoms with Crippen LogP contribution in [0.4, 0.5) is 0 Å². The fraction of sp³-hybridized carbons (Fsp3) is 0.333. The highest BCUT2D eigenvalue weighted by molar-refractivity contribution is 6.36. The van der Waals surface area contributed by atoms with Crippen molar-refractivity contribution in [2.24, 2.45) is 14.1 Å². The number of halogens is 2. The Morgan fingerprint density at radius 1 is 1.15 bits per heavy atom. The van der Waals surface area contributed by atoms with E-state index in [1.54, 1.807) is 31.4 Å². The third kappa shape index (κ3) is 2.78. The number of hydrogen-bond acceptors (Lipinski definition) is 3. The predicted octanol–water partition coefficient (Wildman–Crippen LogP) is 2.96. The minimum absolute atomic E-state index is 0.107. The number of aliphatic hydroxyl groups excluding tert-OH is 1. The Balaban J connectivity index is 2.55. The molecule has 1 aromatic carbocycles. The number of fused-ring (bicyclic) bond motifs is 1. The highest BCUT2D eigenvalue weighted by Gasteiger charge is 2.23. The Bertz CT molecular complexity index is 1110. The second-order valence-corrected chi connectivity index (χ2v) is 7.06. The molecule has 1 N–H and O–H groups in total. The van der Waals surface area contributed by atoms with E-state index in [1.807, 2.05) is 11.5 Å². The van der Waals surface area contributed by atoms with Crippen molar-refractivity contribution in [3.63, 3.8) is 0 Å². The summed E-state index contributed by atoms with van der Waals surface area (Å²) >= 11 is 12.4. The van der Waals surface area contributed by atoms with Crippen LogP contribution in [0, 0.1) is 0 Å². The van der Waals surface area contributed by atoms with Gasteiger partial charge < -0.3 is 9.67 Å². The van der Waals surface area contributed by atoms with Crippen molar-refractivity contribution in [3.8, 4) is 11.3 Å². The number of nitrogens with zero attached hydrogens (tertiary/aromatic N) is 3. The molecule has 0 spiro atoms. The lowest BCUT2D eigenvalue weighted by molar-refractivity contribution is 0.226. The summed E-state index contributed by atoms with van der Waals surface area (Å²) in [5, 5.41) is 11.1. The molecule has 8 heteroatoms. The second-order valence-electron chi connectivity index (χ2n) is 6.22. The zero-order valence-electron chi connectivity index (χ0n) is 14.7. The first kappa shape index (κ1) is 18.8. The average Bonchev–Trinajstić information content (AvgIpc) is 2.99. The van der Waals surface area contributed by atoms with Gasteiger partial charge in [-0.05, 0) is 24.6 Å². The SMILES string of the molecule is CCC(CO)n1cc2c(c1-c1ccc(Cl)cc1Cl)c(=O)n(C)c(=O)n2C. The molecular weight excluding hydrogens is 377 g/mol. The summed E-state index contributed by atoms with van der Waals surface area (Å²) in [6.45, 7) is 1.83. The normalized spacial score (nSPS) is 12.7. The van der Waals surface area contributed by atoms with Gasteiger partial charge in [0.25, 0.3) is 5.56 Å². The maximum atomic E-state index is 12.9. The molecule has 0 amide bonds. The van der Waals surface area contributed by atoms with Gasteiger partial charge in [-0.2, -0.15) is 0 Å². The minimum atomic E-state index is -0.412. The maximum Gasteiger partial charge on any atom is 0.330 e. The first-order valence-corrected chi connectivity index (χ1v) is 8.94. The molecular formula is C18H19Cl2N3O3.